The standard InChI is InChI=1S/C35H32BrP/c1-23-7-6-19-35(3,20-18-23)28-15-12-25(13-16-28)24(2)27-9-4-8-26-14-17-34-30(29(26)21-27)22-31-32(36)10-5-11-33(31)37-34/h4-5,7-8,10-17,21,37H,2,6,18-20,22H2,1,3H3. The molecular weight excluding hydrogens is 531 g/mol. The lowest BCUT2D eigenvalue weighted by molar-refractivity contribution is 0.413. The highest BCUT2D eigenvalue weighted by Crippen LogP contribution is 2.38. The van der Waals surface area contributed by atoms with Gasteiger partial charge in [-0.2, -0.15) is 0 Å². The third kappa shape index (κ3) is 4.70. The van der Waals surface area contributed by atoms with Crippen molar-refractivity contribution in [3.05, 3.63) is 127 Å². The first-order valence-corrected chi connectivity index (χ1v) is 15.0. The highest BCUT2D eigenvalue weighted by molar-refractivity contribution is 9.10. The largest absolute Gasteiger partial charge is 0.112 e. The highest BCUT2D eigenvalue weighted by Gasteiger charge is 2.27. The van der Waals surface area contributed by atoms with Crippen LogP contribution < -0.4 is 21.0 Å². The number of rotatable bonds is 3. The molecule has 2 heteroatoms. The van der Waals surface area contributed by atoms with E-state index in [1.807, 2.05) is 0 Å². The smallest absolute Gasteiger partial charge is 0.0243 e. The van der Waals surface area contributed by atoms with Gasteiger partial charge in [-0.3, -0.25) is 0 Å². The van der Waals surface area contributed by atoms with Crippen molar-refractivity contribution in [2.45, 2.75) is 51.4 Å². The third-order valence-corrected chi connectivity index (χ3v) is 10.7. The molecule has 0 amide bonds. The first-order chi connectivity index (χ1) is 17.9. The second kappa shape index (κ2) is 9.89. The van der Waals surface area contributed by atoms with Gasteiger partial charge < -0.3 is 0 Å². The average molecular weight is 564 g/mol. The van der Waals surface area contributed by atoms with Crippen molar-refractivity contribution in [2.75, 3.05) is 0 Å². The third-order valence-electron chi connectivity index (χ3n) is 8.44. The lowest BCUT2D eigenvalue weighted by atomic mass is 9.75. The summed E-state index contributed by atoms with van der Waals surface area (Å²) in [6, 6.07) is 20.4. The molecule has 0 nitrogen and oxygen atoms in total. The van der Waals surface area contributed by atoms with E-state index in [2.05, 4.69) is 121 Å². The van der Waals surface area contributed by atoms with E-state index in [1.165, 1.54) is 79.0 Å². The van der Waals surface area contributed by atoms with Crippen molar-refractivity contribution in [3.63, 3.8) is 0 Å². The minimum absolute atomic E-state index is 0.236. The normalized spacial score (nSPS) is 20.7. The molecule has 2 unspecified atom stereocenters. The van der Waals surface area contributed by atoms with Crippen LogP contribution in [-0.2, 0) is 11.8 Å². The maximum absolute atomic E-state index is 4.53. The van der Waals surface area contributed by atoms with Gasteiger partial charge >= 0.3 is 0 Å². The number of halogens is 1. The van der Waals surface area contributed by atoms with Crippen LogP contribution in [0.5, 0.6) is 0 Å². The minimum Gasteiger partial charge on any atom is -0.112 e. The molecule has 6 rings (SSSR count). The molecule has 1 heterocycles. The fourth-order valence-corrected chi connectivity index (χ4v) is 7.99. The Kier molecular flexibility index (Phi) is 6.58. The summed E-state index contributed by atoms with van der Waals surface area (Å²) in [7, 11) is 0.684. The Balaban J connectivity index is 1.33. The van der Waals surface area contributed by atoms with Gasteiger partial charge in [-0.15, -0.1) is 5.73 Å². The maximum Gasteiger partial charge on any atom is 0.0243 e. The van der Waals surface area contributed by atoms with Crippen LogP contribution in [0, 0.1) is 0 Å². The molecule has 0 radical (unpaired) electrons. The van der Waals surface area contributed by atoms with Crippen LogP contribution >= 0.6 is 24.5 Å². The molecule has 0 N–H and O–H groups in total. The number of benzene rings is 3. The summed E-state index contributed by atoms with van der Waals surface area (Å²) < 4.78 is 1.21. The van der Waals surface area contributed by atoms with Crippen molar-refractivity contribution in [3.8, 4) is 0 Å². The summed E-state index contributed by atoms with van der Waals surface area (Å²) in [5.74, 6) is 0. The van der Waals surface area contributed by atoms with E-state index in [0.29, 0.717) is 8.58 Å². The van der Waals surface area contributed by atoms with Gasteiger partial charge in [-0.1, -0.05) is 98.2 Å². The molecule has 0 bridgehead atoms. The molecule has 2 atom stereocenters. The Labute approximate surface area is 230 Å². The summed E-state index contributed by atoms with van der Waals surface area (Å²) in [5, 5.41) is 5.47. The van der Waals surface area contributed by atoms with Gasteiger partial charge in [-0.25, -0.2) is 0 Å². The van der Waals surface area contributed by atoms with Gasteiger partial charge in [0.05, 0.1) is 0 Å². The molecular formula is C35H32BrP. The summed E-state index contributed by atoms with van der Waals surface area (Å²) in [5.41, 5.74) is 12.9. The number of hydrogen-bond acceptors (Lipinski definition) is 0. The molecule has 0 spiro atoms. The molecule has 3 aromatic carbocycles. The first-order valence-electron chi connectivity index (χ1n) is 13.2. The zero-order chi connectivity index (χ0) is 25.6. The van der Waals surface area contributed by atoms with Gasteiger partial charge in [0, 0.05) is 16.5 Å². The van der Waals surface area contributed by atoms with Crippen LogP contribution in [-0.4, -0.2) is 0 Å². The van der Waals surface area contributed by atoms with Crippen molar-refractivity contribution in [2.24, 2.45) is 0 Å². The second-order valence-corrected chi connectivity index (χ2v) is 13.1. The van der Waals surface area contributed by atoms with E-state index in [1.54, 1.807) is 0 Å². The van der Waals surface area contributed by atoms with Crippen LogP contribution in [0.3, 0.4) is 0 Å². The van der Waals surface area contributed by atoms with Crippen LogP contribution in [0.15, 0.2) is 94.7 Å². The monoisotopic (exact) mass is 562 g/mol. The maximum atomic E-state index is 4.53. The van der Waals surface area contributed by atoms with Gasteiger partial charge in [-0.05, 0) is 111 Å². The minimum atomic E-state index is 0.236. The molecule has 3 aliphatic rings. The second-order valence-electron chi connectivity index (χ2n) is 10.9. The lowest BCUT2D eigenvalue weighted by Crippen LogP contribution is -2.36. The summed E-state index contributed by atoms with van der Waals surface area (Å²) in [4.78, 5) is 0. The number of fused-ring (bicyclic) bond motifs is 4. The first kappa shape index (κ1) is 24.6. The molecule has 1 aliphatic heterocycles. The van der Waals surface area contributed by atoms with E-state index >= 15 is 0 Å². The molecule has 0 fully saturated rings. The average Bonchev–Trinajstić information content (AvgIpc) is 3.24. The predicted molar refractivity (Wildman–Crippen MR) is 166 cm³/mol. The van der Waals surface area contributed by atoms with Crippen LogP contribution in [0.4, 0.5) is 0 Å². The SMILES string of the molecule is C=C(C1=C=CC=c2ccc3c(c2=C1)Cc1c(Br)cccc1P3)c1ccc(C2(C)CCC=C(C)CC2)cc1. The number of allylic oxidation sites excluding steroid dienone is 4. The van der Waals surface area contributed by atoms with Gasteiger partial charge in [0.2, 0.25) is 0 Å². The zero-order valence-corrected chi connectivity index (χ0v) is 24.2. The van der Waals surface area contributed by atoms with E-state index in [-0.39, 0.29) is 5.41 Å². The van der Waals surface area contributed by atoms with Crippen LogP contribution in [0.1, 0.15) is 61.8 Å². The predicted octanol–water partition coefficient (Wildman–Crippen LogP) is 7.13. The zero-order valence-electron chi connectivity index (χ0n) is 21.6. The molecule has 184 valence electrons. The highest BCUT2D eigenvalue weighted by atomic mass is 79.9. The fourth-order valence-electron chi connectivity index (χ4n) is 5.92. The molecule has 3 aromatic rings. The fraction of sp³-hybridized carbons (Fsp3) is 0.229. The Morgan fingerprint density at radius 3 is 2.65 bits per heavy atom. The van der Waals surface area contributed by atoms with Gasteiger partial charge in [0.25, 0.3) is 0 Å². The molecule has 2 aliphatic carbocycles. The van der Waals surface area contributed by atoms with Crippen molar-refractivity contribution in [1.29, 1.82) is 0 Å². The molecule has 0 saturated heterocycles. The van der Waals surface area contributed by atoms with E-state index in [4.69, 9.17) is 0 Å². The number of hydrogen-bond donors (Lipinski definition) is 0. The summed E-state index contributed by atoms with van der Waals surface area (Å²) in [6.07, 6.45) is 14.7. The van der Waals surface area contributed by atoms with Crippen molar-refractivity contribution in [1.82, 2.24) is 0 Å². The summed E-state index contributed by atoms with van der Waals surface area (Å²) >= 11 is 3.80. The van der Waals surface area contributed by atoms with Gasteiger partial charge in [0.15, 0.2) is 0 Å². The Hall–Kier alpha value is -2.69. The lowest BCUT2D eigenvalue weighted by Gasteiger charge is -2.29. The Morgan fingerprint density at radius 2 is 1.81 bits per heavy atom. The topological polar surface area (TPSA) is 0 Å². The molecule has 0 aromatic heterocycles. The Morgan fingerprint density at radius 1 is 1.00 bits per heavy atom. The molecule has 0 saturated carbocycles. The molecule has 37 heavy (non-hydrogen) atoms. The van der Waals surface area contributed by atoms with Crippen LogP contribution in [0.2, 0.25) is 0 Å². The Bertz CT molecular complexity index is 1640. The summed E-state index contributed by atoms with van der Waals surface area (Å²) in [6.45, 7) is 9.23. The van der Waals surface area contributed by atoms with Crippen molar-refractivity contribution >= 4 is 52.8 Å². The van der Waals surface area contributed by atoms with E-state index < -0.39 is 0 Å². The van der Waals surface area contributed by atoms with E-state index in [9.17, 15) is 0 Å². The van der Waals surface area contributed by atoms with Crippen LogP contribution in [0.25, 0.3) is 17.7 Å². The van der Waals surface area contributed by atoms with Crippen molar-refractivity contribution < 1.29 is 0 Å². The van der Waals surface area contributed by atoms with E-state index in [0.717, 1.165) is 17.6 Å². The van der Waals surface area contributed by atoms with Gasteiger partial charge in [0.1, 0.15) is 0 Å². The quantitative estimate of drug-likeness (QED) is 0.141.